The molecule has 1 heterocycles. The Bertz CT molecular complexity index is 1280. The first-order valence-electron chi connectivity index (χ1n) is 14.2. The fourth-order valence-corrected chi connectivity index (χ4v) is 7.12. The minimum Gasteiger partial charge on any atom is -0.352 e. The summed E-state index contributed by atoms with van der Waals surface area (Å²) in [6, 6.07) is 9.47. The van der Waals surface area contributed by atoms with Gasteiger partial charge in [-0.1, -0.05) is 76.0 Å². The van der Waals surface area contributed by atoms with Crippen LogP contribution in [0.2, 0.25) is 10.0 Å². The minimum absolute atomic E-state index is 0.0143. The number of benzene rings is 2. The lowest BCUT2D eigenvalue weighted by molar-refractivity contribution is -0.124. The van der Waals surface area contributed by atoms with E-state index in [1.165, 1.54) is 18.2 Å². The van der Waals surface area contributed by atoms with Gasteiger partial charge in [0.1, 0.15) is 17.0 Å². The van der Waals surface area contributed by atoms with Crippen molar-refractivity contribution in [3.05, 3.63) is 69.2 Å². The van der Waals surface area contributed by atoms with E-state index in [2.05, 4.69) is 30.6 Å². The molecule has 8 heteroatoms. The van der Waals surface area contributed by atoms with Crippen molar-refractivity contribution in [3.8, 4) is 6.07 Å². The van der Waals surface area contributed by atoms with Crippen molar-refractivity contribution in [3.63, 3.8) is 0 Å². The van der Waals surface area contributed by atoms with E-state index in [0.717, 1.165) is 31.7 Å². The summed E-state index contributed by atoms with van der Waals surface area (Å²) in [7, 11) is 0. The lowest BCUT2D eigenvalue weighted by Gasteiger charge is -2.37. The highest BCUT2D eigenvalue weighted by atomic mass is 35.5. The Morgan fingerprint density at radius 2 is 1.82 bits per heavy atom. The van der Waals surface area contributed by atoms with Gasteiger partial charge in [0, 0.05) is 28.6 Å². The van der Waals surface area contributed by atoms with Crippen LogP contribution < -0.4 is 10.6 Å². The van der Waals surface area contributed by atoms with E-state index < -0.39 is 35.1 Å². The zero-order valence-electron chi connectivity index (χ0n) is 23.8. The number of carbonyl (C=O) groups excluding carboxylic acids is 1. The number of carbonyl (C=O) groups is 1. The molecular weight excluding hydrogens is 551 g/mol. The van der Waals surface area contributed by atoms with Gasteiger partial charge in [-0.15, -0.1) is 0 Å². The first-order chi connectivity index (χ1) is 18.8. The van der Waals surface area contributed by atoms with Crippen molar-refractivity contribution < 1.29 is 13.6 Å². The summed E-state index contributed by atoms with van der Waals surface area (Å²) < 4.78 is 31.5. The predicted molar refractivity (Wildman–Crippen MR) is 156 cm³/mol. The Hall–Kier alpha value is -2.20. The fourth-order valence-electron chi connectivity index (χ4n) is 6.78. The van der Waals surface area contributed by atoms with Crippen LogP contribution in [-0.4, -0.2) is 24.0 Å². The minimum atomic E-state index is -1.62. The number of rotatable bonds is 6. The van der Waals surface area contributed by atoms with Gasteiger partial charge in [-0.05, 0) is 73.1 Å². The summed E-state index contributed by atoms with van der Waals surface area (Å²) in [6.07, 6.45) is 4.20. The van der Waals surface area contributed by atoms with E-state index in [1.807, 2.05) is 20.8 Å². The summed E-state index contributed by atoms with van der Waals surface area (Å²) in [5.41, 5.74) is -1.72. The van der Waals surface area contributed by atoms with Crippen LogP contribution in [0.5, 0.6) is 0 Å². The number of nitrogens with zero attached hydrogens (tertiary/aromatic N) is 1. The van der Waals surface area contributed by atoms with Gasteiger partial charge in [-0.2, -0.15) is 5.26 Å². The van der Waals surface area contributed by atoms with Crippen LogP contribution >= 0.6 is 23.2 Å². The average molecular weight is 591 g/mol. The van der Waals surface area contributed by atoms with E-state index in [-0.39, 0.29) is 38.5 Å². The summed E-state index contributed by atoms with van der Waals surface area (Å²) in [5.74, 6) is -1.53. The molecule has 40 heavy (non-hydrogen) atoms. The molecule has 1 amide bonds. The fraction of sp³-hybridized carbons (Fsp3) is 0.562. The number of amides is 1. The molecule has 1 aliphatic carbocycles. The lowest BCUT2D eigenvalue weighted by atomic mass is 9.62. The van der Waals surface area contributed by atoms with Crippen LogP contribution in [-0.2, 0) is 10.2 Å². The van der Waals surface area contributed by atoms with Crippen LogP contribution in [0.1, 0.15) is 83.8 Å². The summed E-state index contributed by atoms with van der Waals surface area (Å²) >= 11 is 12.3. The Labute approximate surface area is 246 Å². The number of hydrogen-bond donors (Lipinski definition) is 2. The van der Waals surface area contributed by atoms with Crippen molar-refractivity contribution in [2.45, 2.75) is 96.2 Å². The third-order valence-corrected chi connectivity index (χ3v) is 9.32. The van der Waals surface area contributed by atoms with Gasteiger partial charge < -0.3 is 10.6 Å². The van der Waals surface area contributed by atoms with Gasteiger partial charge >= 0.3 is 0 Å². The smallest absolute Gasteiger partial charge is 0.238 e. The molecule has 1 aliphatic heterocycles. The normalized spacial score (nSPS) is 28.9. The second-order valence-electron chi connectivity index (χ2n) is 13.1. The van der Waals surface area contributed by atoms with Crippen molar-refractivity contribution in [2.24, 2.45) is 17.3 Å². The number of nitriles is 1. The van der Waals surface area contributed by atoms with Crippen LogP contribution in [0.15, 0.2) is 36.4 Å². The van der Waals surface area contributed by atoms with Gasteiger partial charge in [0.05, 0.1) is 17.1 Å². The SMILES string of the molecule is CC(C)C1CCC(NC(=O)[C@@H]2N[C@@H](CC(C)(C)C)[C@](C#N)(c3ccc(Cl)cc3F)[C@H]2c2cccc(Cl)c2F)CC1. The van der Waals surface area contributed by atoms with Crippen molar-refractivity contribution in [2.75, 3.05) is 0 Å². The highest BCUT2D eigenvalue weighted by molar-refractivity contribution is 6.31. The molecule has 0 unspecified atom stereocenters. The lowest BCUT2D eigenvalue weighted by Crippen LogP contribution is -2.49. The third kappa shape index (κ3) is 6.03. The highest BCUT2D eigenvalue weighted by Gasteiger charge is 2.61. The van der Waals surface area contributed by atoms with Crippen LogP contribution in [0.4, 0.5) is 8.78 Å². The Morgan fingerprint density at radius 1 is 1.15 bits per heavy atom. The molecule has 1 saturated carbocycles. The Kier molecular flexibility index (Phi) is 9.19. The van der Waals surface area contributed by atoms with E-state index in [9.17, 15) is 10.1 Å². The van der Waals surface area contributed by atoms with Gasteiger partial charge in [0.25, 0.3) is 0 Å². The molecule has 2 fully saturated rings. The predicted octanol–water partition coefficient (Wildman–Crippen LogP) is 7.92. The van der Waals surface area contributed by atoms with Crippen molar-refractivity contribution in [1.82, 2.24) is 10.6 Å². The molecule has 0 spiro atoms. The number of nitrogens with one attached hydrogen (secondary N) is 2. The summed E-state index contributed by atoms with van der Waals surface area (Å²) in [5, 5.41) is 17.6. The molecule has 0 aromatic heterocycles. The van der Waals surface area contributed by atoms with Gasteiger partial charge in [-0.25, -0.2) is 8.78 Å². The van der Waals surface area contributed by atoms with Gasteiger partial charge in [0.2, 0.25) is 5.91 Å². The standard InChI is InChI=1S/C32H39Cl2F2N3O/c1-18(2)19-9-12-21(13-10-19)38-30(40)29-27(22-7-6-8-24(34)28(22)36)32(17-37,26(39-29)16-31(3,4)5)23-14-11-20(33)15-25(23)35/h6-8,11,14-15,18-19,21,26-27,29,39H,9-10,12-13,16H2,1-5H3,(H,38,40)/t19?,21?,26-,27-,29+,32-/m0/s1. The monoisotopic (exact) mass is 589 g/mol. The highest BCUT2D eigenvalue weighted by Crippen LogP contribution is 2.52. The van der Waals surface area contributed by atoms with Crippen LogP contribution in [0.25, 0.3) is 0 Å². The maximum absolute atomic E-state index is 15.8. The molecule has 2 N–H and O–H groups in total. The molecule has 0 bridgehead atoms. The first kappa shape index (κ1) is 30.8. The Morgan fingerprint density at radius 3 is 2.40 bits per heavy atom. The molecule has 1 saturated heterocycles. The van der Waals surface area contributed by atoms with Gasteiger partial charge in [0.15, 0.2) is 0 Å². The largest absolute Gasteiger partial charge is 0.352 e. The number of halogens is 4. The molecule has 4 nitrogen and oxygen atoms in total. The van der Waals surface area contributed by atoms with E-state index in [0.29, 0.717) is 18.3 Å². The quantitative estimate of drug-likeness (QED) is 0.359. The maximum atomic E-state index is 15.8. The van der Waals surface area contributed by atoms with E-state index in [4.69, 9.17) is 23.2 Å². The second kappa shape index (κ2) is 12.0. The topological polar surface area (TPSA) is 64.9 Å². The molecular formula is C32H39Cl2F2N3O. The summed E-state index contributed by atoms with van der Waals surface area (Å²) in [4.78, 5) is 14.0. The first-order valence-corrected chi connectivity index (χ1v) is 14.9. The molecule has 2 aromatic carbocycles. The van der Waals surface area contributed by atoms with Crippen molar-refractivity contribution >= 4 is 29.1 Å². The molecule has 4 atom stereocenters. The molecule has 0 radical (unpaired) electrons. The van der Waals surface area contributed by atoms with E-state index >= 15 is 8.78 Å². The maximum Gasteiger partial charge on any atom is 0.238 e. The average Bonchev–Trinajstić information content (AvgIpc) is 3.19. The zero-order chi connectivity index (χ0) is 29.4. The van der Waals surface area contributed by atoms with E-state index in [1.54, 1.807) is 12.1 Å². The van der Waals surface area contributed by atoms with Crippen molar-refractivity contribution in [1.29, 1.82) is 5.26 Å². The van der Waals surface area contributed by atoms with Crippen LogP contribution in [0.3, 0.4) is 0 Å². The molecule has 216 valence electrons. The third-order valence-electron chi connectivity index (χ3n) is 8.79. The zero-order valence-corrected chi connectivity index (χ0v) is 25.3. The Balaban J connectivity index is 1.84. The molecule has 2 aromatic rings. The van der Waals surface area contributed by atoms with Gasteiger partial charge in [-0.3, -0.25) is 4.79 Å². The molecule has 2 aliphatic rings. The summed E-state index contributed by atoms with van der Waals surface area (Å²) in [6.45, 7) is 10.5. The van der Waals surface area contributed by atoms with Crippen LogP contribution in [0, 0.1) is 40.2 Å². The number of hydrogen-bond acceptors (Lipinski definition) is 3. The second-order valence-corrected chi connectivity index (χ2v) is 13.9. The molecule has 4 rings (SSSR count).